The van der Waals surface area contributed by atoms with Gasteiger partial charge in [0, 0.05) is 6.08 Å². The van der Waals surface area contributed by atoms with Crippen LogP contribution in [0.1, 0.15) is 0 Å². The summed E-state index contributed by atoms with van der Waals surface area (Å²) >= 11 is 0. The third kappa shape index (κ3) is 2.80. The quantitative estimate of drug-likeness (QED) is 0.254. The summed E-state index contributed by atoms with van der Waals surface area (Å²) in [4.78, 5) is 21.5. The predicted molar refractivity (Wildman–Crippen MR) is 58.3 cm³/mol. The average Bonchev–Trinajstić information content (AvgIpc) is 2.37. The number of aliphatic hydroxyl groups excluding tert-OH is 4. The van der Waals surface area contributed by atoms with Crippen molar-refractivity contribution in [3.63, 3.8) is 0 Å². The van der Waals surface area contributed by atoms with E-state index in [0.717, 1.165) is 0 Å². The number of rotatable bonds is 4. The Kier molecular flexibility index (Phi) is 4.81. The molecule has 0 aromatic rings. The van der Waals surface area contributed by atoms with E-state index in [0.29, 0.717) is 0 Å². The number of hydrogen-bond donors (Lipinski definition) is 7. The third-order valence-corrected chi connectivity index (χ3v) is 2.85. The second-order valence-electron chi connectivity index (χ2n) is 4.16. The average molecular weight is 294 g/mol. The van der Waals surface area contributed by atoms with Crippen molar-refractivity contribution in [3.8, 4) is 0 Å². The van der Waals surface area contributed by atoms with Gasteiger partial charge < -0.3 is 40.5 Å². The van der Waals surface area contributed by atoms with E-state index in [1.165, 1.54) is 0 Å². The minimum Gasteiger partial charge on any atom is -0.478 e. The van der Waals surface area contributed by atoms with Gasteiger partial charge in [-0.05, 0) is 0 Å². The molecule has 1 aliphatic heterocycles. The molecule has 7 N–H and O–H groups in total. The highest BCUT2D eigenvalue weighted by Gasteiger charge is 2.56. The summed E-state index contributed by atoms with van der Waals surface area (Å²) < 4.78 is 4.68. The first-order valence-electron chi connectivity index (χ1n) is 5.38. The number of ether oxygens (including phenoxy) is 1. The molecular weight excluding hydrogens is 280 g/mol. The molecule has 10 heteroatoms. The van der Waals surface area contributed by atoms with Crippen LogP contribution >= 0.6 is 0 Å². The van der Waals surface area contributed by atoms with E-state index >= 15 is 0 Å². The number of carboxylic acid groups (broad SMARTS) is 2. The molecule has 20 heavy (non-hydrogen) atoms. The summed E-state index contributed by atoms with van der Waals surface area (Å²) in [6.07, 6.45) is -7.72. The zero-order chi connectivity index (χ0) is 15.7. The lowest BCUT2D eigenvalue weighted by atomic mass is 9.87. The van der Waals surface area contributed by atoms with Crippen molar-refractivity contribution in [1.29, 1.82) is 0 Å². The molecule has 0 saturated carbocycles. The minimum absolute atomic E-state index is 0.0738. The monoisotopic (exact) mass is 294 g/mol. The van der Waals surface area contributed by atoms with Gasteiger partial charge in [-0.25, -0.2) is 9.59 Å². The van der Waals surface area contributed by atoms with Crippen LogP contribution in [0.15, 0.2) is 11.6 Å². The van der Waals surface area contributed by atoms with Crippen LogP contribution < -0.4 is 0 Å². The maximum Gasteiger partial charge on any atom is 0.337 e. The summed E-state index contributed by atoms with van der Waals surface area (Å²) in [5.74, 6) is -6.77. The maximum atomic E-state index is 11.0. The molecule has 0 aromatic carbocycles. The molecule has 0 unspecified atom stereocenters. The summed E-state index contributed by atoms with van der Waals surface area (Å²) in [5, 5.41) is 65.0. The van der Waals surface area contributed by atoms with Crippen molar-refractivity contribution in [1.82, 2.24) is 0 Å². The van der Waals surface area contributed by atoms with Gasteiger partial charge in [0.1, 0.15) is 30.0 Å². The Morgan fingerprint density at radius 3 is 2.10 bits per heavy atom. The van der Waals surface area contributed by atoms with Crippen LogP contribution in [-0.4, -0.2) is 84.5 Å². The first-order valence-corrected chi connectivity index (χ1v) is 5.38. The van der Waals surface area contributed by atoms with Crippen LogP contribution in [0.25, 0.3) is 0 Å². The maximum absolute atomic E-state index is 11.0. The number of carboxylic acids is 2. The zero-order valence-electron chi connectivity index (χ0n) is 9.95. The Hall–Kier alpha value is -1.56. The Balaban J connectivity index is 3.29. The standard InChI is InChI=1S/C10H14O10/c11-2-4-6(14)7(15)8(16)10(19,20-4)3(9(17)18)1-5(12)13/h1,4,6-8,11,14-16,19H,2H2,(H,12,13)(H,17,18)/b3-1-/t4-,6-,7+,8+,10-/m1/s1. The molecule has 0 aliphatic carbocycles. The molecule has 0 radical (unpaired) electrons. The summed E-state index contributed by atoms with van der Waals surface area (Å²) in [6, 6.07) is 0. The van der Waals surface area contributed by atoms with Gasteiger partial charge in [-0.1, -0.05) is 0 Å². The Bertz CT molecular complexity index is 430. The molecule has 10 nitrogen and oxygen atoms in total. The van der Waals surface area contributed by atoms with E-state index in [4.69, 9.17) is 15.3 Å². The minimum atomic E-state index is -3.10. The van der Waals surface area contributed by atoms with Crippen molar-refractivity contribution in [3.05, 3.63) is 11.6 Å². The van der Waals surface area contributed by atoms with Crippen molar-refractivity contribution >= 4 is 11.9 Å². The summed E-state index contributed by atoms with van der Waals surface area (Å²) in [7, 11) is 0. The highest BCUT2D eigenvalue weighted by Crippen LogP contribution is 2.33. The van der Waals surface area contributed by atoms with E-state index in [1.54, 1.807) is 0 Å². The van der Waals surface area contributed by atoms with Crippen LogP contribution in [0.2, 0.25) is 0 Å². The van der Waals surface area contributed by atoms with Crippen LogP contribution in [0.4, 0.5) is 0 Å². The topological polar surface area (TPSA) is 185 Å². The molecule has 0 amide bonds. The third-order valence-electron chi connectivity index (χ3n) is 2.85. The zero-order valence-corrected chi connectivity index (χ0v) is 9.95. The van der Waals surface area contributed by atoms with Gasteiger partial charge in [-0.3, -0.25) is 0 Å². The fourth-order valence-electron chi connectivity index (χ4n) is 1.82. The number of hydrogen-bond acceptors (Lipinski definition) is 8. The molecule has 1 rings (SSSR count). The normalized spacial score (nSPS) is 38.5. The van der Waals surface area contributed by atoms with E-state index in [2.05, 4.69) is 4.74 Å². The van der Waals surface area contributed by atoms with Crippen LogP contribution in [0, 0.1) is 0 Å². The van der Waals surface area contributed by atoms with Crippen molar-refractivity contribution < 1.29 is 50.1 Å². The molecular formula is C10H14O10. The number of aliphatic carboxylic acids is 2. The highest BCUT2D eigenvalue weighted by molar-refractivity contribution is 5.96. The van der Waals surface area contributed by atoms with E-state index < -0.39 is 54.3 Å². The molecule has 1 aliphatic rings. The molecule has 5 atom stereocenters. The predicted octanol–water partition coefficient (Wildman–Crippen LogP) is -3.76. The SMILES string of the molecule is O=C(O)/C=C(/C(=O)O)[C@@]1(O)O[C@H](CO)[C@@H](O)[C@H](O)[C@@H]1O. The van der Waals surface area contributed by atoms with Gasteiger partial charge >= 0.3 is 11.9 Å². The van der Waals surface area contributed by atoms with Gasteiger partial charge in [0.05, 0.1) is 6.61 Å². The fourth-order valence-corrected chi connectivity index (χ4v) is 1.82. The first kappa shape index (κ1) is 16.5. The lowest BCUT2D eigenvalue weighted by molar-refractivity contribution is -0.331. The van der Waals surface area contributed by atoms with Gasteiger partial charge in [0.15, 0.2) is 0 Å². The molecule has 1 heterocycles. The van der Waals surface area contributed by atoms with Crippen molar-refractivity contribution in [2.24, 2.45) is 0 Å². The van der Waals surface area contributed by atoms with Crippen LogP contribution in [0.3, 0.4) is 0 Å². The van der Waals surface area contributed by atoms with Crippen LogP contribution in [0.5, 0.6) is 0 Å². The van der Waals surface area contributed by atoms with E-state index in [1.807, 2.05) is 0 Å². The number of carbonyl (C=O) groups is 2. The largest absolute Gasteiger partial charge is 0.478 e. The van der Waals surface area contributed by atoms with Gasteiger partial charge in [-0.2, -0.15) is 0 Å². The lowest BCUT2D eigenvalue weighted by Gasteiger charge is -2.45. The molecule has 0 bridgehead atoms. The van der Waals surface area contributed by atoms with Gasteiger partial charge in [0.2, 0.25) is 5.79 Å². The molecule has 0 spiro atoms. The van der Waals surface area contributed by atoms with Crippen molar-refractivity contribution in [2.45, 2.75) is 30.2 Å². The lowest BCUT2D eigenvalue weighted by Crippen LogP contribution is -2.66. The Labute approximate surface area is 111 Å². The molecule has 1 fully saturated rings. The highest BCUT2D eigenvalue weighted by atomic mass is 16.7. The first-order chi connectivity index (χ1) is 9.15. The smallest absolute Gasteiger partial charge is 0.337 e. The Morgan fingerprint density at radius 1 is 1.15 bits per heavy atom. The Morgan fingerprint density at radius 2 is 1.70 bits per heavy atom. The van der Waals surface area contributed by atoms with Gasteiger partial charge in [0.25, 0.3) is 0 Å². The summed E-state index contributed by atoms with van der Waals surface area (Å²) in [5.41, 5.74) is -1.26. The van der Waals surface area contributed by atoms with Crippen LogP contribution in [-0.2, 0) is 14.3 Å². The van der Waals surface area contributed by atoms with E-state index in [-0.39, 0.29) is 6.08 Å². The molecule has 1 saturated heterocycles. The second-order valence-corrected chi connectivity index (χ2v) is 4.16. The second kappa shape index (κ2) is 5.83. The van der Waals surface area contributed by atoms with Crippen molar-refractivity contribution in [2.75, 3.05) is 6.61 Å². The fraction of sp³-hybridized carbons (Fsp3) is 0.600. The van der Waals surface area contributed by atoms with E-state index in [9.17, 15) is 30.0 Å². The molecule has 0 aromatic heterocycles. The number of aliphatic hydroxyl groups is 5. The molecule has 114 valence electrons. The summed E-state index contributed by atoms with van der Waals surface area (Å²) in [6.45, 7) is -0.909. The van der Waals surface area contributed by atoms with Gasteiger partial charge in [-0.15, -0.1) is 0 Å².